The standard InChI is InChI=1S/C27H28O5/c1-4-31-27(29)14-7-20-5-10-24(11-6-20)32-25-12-8-22(9-13-25)19(2)15-21-16-23(28)18-26(17-21)30-3/h5-6,8-13,15-18,28H,4,7,14H2,1-3H3/b19-15-. The van der Waals surface area contributed by atoms with Gasteiger partial charge in [-0.15, -0.1) is 0 Å². The number of methoxy groups -OCH3 is 1. The Balaban J connectivity index is 1.62. The zero-order chi connectivity index (χ0) is 22.9. The number of ether oxygens (including phenoxy) is 3. The van der Waals surface area contributed by atoms with Crippen molar-refractivity contribution < 1.29 is 24.1 Å². The third-order valence-corrected chi connectivity index (χ3v) is 4.92. The Labute approximate surface area is 188 Å². The van der Waals surface area contributed by atoms with Crippen molar-refractivity contribution >= 4 is 17.6 Å². The maximum absolute atomic E-state index is 11.5. The first-order valence-electron chi connectivity index (χ1n) is 10.6. The molecule has 3 aromatic rings. The molecule has 0 aliphatic rings. The Morgan fingerprint density at radius 2 is 1.59 bits per heavy atom. The molecule has 3 rings (SSSR count). The molecule has 0 amide bonds. The van der Waals surface area contributed by atoms with Crippen molar-refractivity contribution in [1.29, 1.82) is 0 Å². The topological polar surface area (TPSA) is 65.0 Å². The van der Waals surface area contributed by atoms with E-state index >= 15 is 0 Å². The first-order valence-corrected chi connectivity index (χ1v) is 10.6. The largest absolute Gasteiger partial charge is 0.508 e. The zero-order valence-electron chi connectivity index (χ0n) is 18.6. The third kappa shape index (κ3) is 6.64. The van der Waals surface area contributed by atoms with Crippen LogP contribution in [0.15, 0.2) is 66.7 Å². The van der Waals surface area contributed by atoms with E-state index in [1.807, 2.05) is 67.6 Å². The van der Waals surface area contributed by atoms with Gasteiger partial charge >= 0.3 is 5.97 Å². The van der Waals surface area contributed by atoms with E-state index in [9.17, 15) is 9.90 Å². The molecule has 3 aromatic carbocycles. The van der Waals surface area contributed by atoms with E-state index in [1.54, 1.807) is 26.2 Å². The van der Waals surface area contributed by atoms with E-state index < -0.39 is 0 Å². The number of allylic oxidation sites excluding steroid dienone is 1. The van der Waals surface area contributed by atoms with Gasteiger partial charge in [-0.1, -0.05) is 30.3 Å². The van der Waals surface area contributed by atoms with E-state index in [1.165, 1.54) is 0 Å². The first-order chi connectivity index (χ1) is 15.5. The third-order valence-electron chi connectivity index (χ3n) is 4.92. The van der Waals surface area contributed by atoms with Gasteiger partial charge in [-0.25, -0.2) is 0 Å². The van der Waals surface area contributed by atoms with Crippen molar-refractivity contribution in [2.45, 2.75) is 26.7 Å². The van der Waals surface area contributed by atoms with Crippen LogP contribution in [0.25, 0.3) is 11.6 Å². The average molecular weight is 433 g/mol. The number of hydrogen-bond acceptors (Lipinski definition) is 5. The average Bonchev–Trinajstić information content (AvgIpc) is 2.79. The molecule has 0 spiro atoms. The second-order valence-electron chi connectivity index (χ2n) is 7.37. The molecule has 0 saturated carbocycles. The molecule has 0 radical (unpaired) electrons. The Morgan fingerprint density at radius 1 is 0.938 bits per heavy atom. The molecule has 0 aromatic heterocycles. The van der Waals surface area contributed by atoms with Gasteiger partial charge in [0, 0.05) is 12.5 Å². The van der Waals surface area contributed by atoms with E-state index in [0.29, 0.717) is 25.2 Å². The Bertz CT molecular complexity index is 1070. The molecule has 0 atom stereocenters. The van der Waals surface area contributed by atoms with Crippen LogP contribution in [0, 0.1) is 0 Å². The summed E-state index contributed by atoms with van der Waals surface area (Å²) in [5, 5.41) is 9.83. The van der Waals surface area contributed by atoms with E-state index in [2.05, 4.69) is 0 Å². The number of phenols is 1. The second-order valence-corrected chi connectivity index (χ2v) is 7.37. The highest BCUT2D eigenvalue weighted by Crippen LogP contribution is 2.27. The van der Waals surface area contributed by atoms with Crippen molar-refractivity contribution in [2.75, 3.05) is 13.7 Å². The van der Waals surface area contributed by atoms with Crippen molar-refractivity contribution in [3.05, 3.63) is 83.4 Å². The maximum Gasteiger partial charge on any atom is 0.306 e. The number of aryl methyl sites for hydroxylation is 1. The number of rotatable bonds is 9. The summed E-state index contributed by atoms with van der Waals surface area (Å²) in [6.45, 7) is 4.23. The summed E-state index contributed by atoms with van der Waals surface area (Å²) in [5.74, 6) is 2.07. The number of phenolic OH excluding ortho intramolecular Hbond substituents is 1. The minimum absolute atomic E-state index is 0.166. The van der Waals surface area contributed by atoms with Crippen LogP contribution in [-0.4, -0.2) is 24.8 Å². The fourth-order valence-electron chi connectivity index (χ4n) is 3.27. The molecule has 0 bridgehead atoms. The molecule has 5 nitrogen and oxygen atoms in total. The molecule has 1 N–H and O–H groups in total. The molecule has 0 heterocycles. The van der Waals surface area contributed by atoms with E-state index in [-0.39, 0.29) is 11.7 Å². The van der Waals surface area contributed by atoms with Crippen LogP contribution in [0.4, 0.5) is 0 Å². The Kier molecular flexibility index (Phi) is 7.92. The van der Waals surface area contributed by atoms with Gasteiger partial charge in [0.15, 0.2) is 0 Å². The summed E-state index contributed by atoms with van der Waals surface area (Å²) < 4.78 is 16.1. The van der Waals surface area contributed by atoms with Crippen LogP contribution in [0.1, 0.15) is 37.0 Å². The lowest BCUT2D eigenvalue weighted by Crippen LogP contribution is -2.05. The van der Waals surface area contributed by atoms with Gasteiger partial charge in [-0.05, 0) is 78.9 Å². The van der Waals surface area contributed by atoms with Crippen LogP contribution in [0.2, 0.25) is 0 Å². The fourth-order valence-corrected chi connectivity index (χ4v) is 3.27. The normalized spacial score (nSPS) is 11.2. The van der Waals surface area contributed by atoms with Crippen molar-refractivity contribution in [1.82, 2.24) is 0 Å². The van der Waals surface area contributed by atoms with E-state index in [4.69, 9.17) is 14.2 Å². The van der Waals surface area contributed by atoms with Gasteiger partial charge in [-0.3, -0.25) is 4.79 Å². The van der Waals surface area contributed by atoms with Gasteiger partial charge in [0.1, 0.15) is 23.0 Å². The monoisotopic (exact) mass is 432 g/mol. The Hall–Kier alpha value is -3.73. The van der Waals surface area contributed by atoms with Crippen LogP contribution in [-0.2, 0) is 16.0 Å². The highest BCUT2D eigenvalue weighted by molar-refractivity contribution is 5.81. The molecule has 0 aliphatic carbocycles. The van der Waals surface area contributed by atoms with Crippen LogP contribution in [0.5, 0.6) is 23.0 Å². The summed E-state index contributed by atoms with van der Waals surface area (Å²) in [6, 6.07) is 20.7. The lowest BCUT2D eigenvalue weighted by molar-refractivity contribution is -0.143. The lowest BCUT2D eigenvalue weighted by atomic mass is 10.0. The van der Waals surface area contributed by atoms with Crippen molar-refractivity contribution in [3.63, 3.8) is 0 Å². The highest BCUT2D eigenvalue weighted by Gasteiger charge is 2.05. The van der Waals surface area contributed by atoms with Gasteiger partial charge < -0.3 is 19.3 Å². The predicted octanol–water partition coefficient (Wildman–Crippen LogP) is 6.25. The molecule has 166 valence electrons. The number of aromatic hydroxyl groups is 1. The molecular weight excluding hydrogens is 404 g/mol. The molecule has 0 fully saturated rings. The van der Waals surface area contributed by atoms with Gasteiger partial charge in [-0.2, -0.15) is 0 Å². The summed E-state index contributed by atoms with van der Waals surface area (Å²) in [5.41, 5.74) is 4.02. The van der Waals surface area contributed by atoms with Crippen LogP contribution in [0.3, 0.4) is 0 Å². The number of carbonyl (C=O) groups is 1. The van der Waals surface area contributed by atoms with Crippen LogP contribution < -0.4 is 9.47 Å². The van der Waals surface area contributed by atoms with Gasteiger partial charge in [0.25, 0.3) is 0 Å². The predicted molar refractivity (Wildman–Crippen MR) is 126 cm³/mol. The number of benzene rings is 3. The summed E-state index contributed by atoms with van der Waals surface area (Å²) in [6.07, 6.45) is 3.01. The summed E-state index contributed by atoms with van der Waals surface area (Å²) in [4.78, 5) is 11.5. The highest BCUT2D eigenvalue weighted by atomic mass is 16.5. The fraction of sp³-hybridized carbons (Fsp3) is 0.222. The number of carbonyl (C=O) groups excluding carboxylic acids is 1. The van der Waals surface area contributed by atoms with Crippen molar-refractivity contribution in [3.8, 4) is 23.0 Å². The maximum atomic E-state index is 11.5. The molecule has 0 saturated heterocycles. The minimum Gasteiger partial charge on any atom is -0.508 e. The molecule has 32 heavy (non-hydrogen) atoms. The number of hydrogen-bond donors (Lipinski definition) is 1. The minimum atomic E-state index is -0.180. The molecule has 0 unspecified atom stereocenters. The molecule has 0 aliphatic heterocycles. The van der Waals surface area contributed by atoms with Crippen molar-refractivity contribution in [2.24, 2.45) is 0 Å². The van der Waals surface area contributed by atoms with Gasteiger partial charge in [0.05, 0.1) is 13.7 Å². The summed E-state index contributed by atoms with van der Waals surface area (Å²) in [7, 11) is 1.57. The molecule has 5 heteroatoms. The van der Waals surface area contributed by atoms with Crippen LogP contribution >= 0.6 is 0 Å². The summed E-state index contributed by atoms with van der Waals surface area (Å²) >= 11 is 0. The SMILES string of the molecule is CCOC(=O)CCc1ccc(Oc2ccc(/C(C)=C\c3cc(O)cc(OC)c3)cc2)cc1. The molecular formula is C27H28O5. The first kappa shape index (κ1) is 22.9. The quantitative estimate of drug-likeness (QED) is 0.320. The van der Waals surface area contributed by atoms with Gasteiger partial charge in [0.2, 0.25) is 0 Å². The lowest BCUT2D eigenvalue weighted by Gasteiger charge is -2.09. The number of esters is 1. The Morgan fingerprint density at radius 3 is 2.22 bits per heavy atom. The van der Waals surface area contributed by atoms with E-state index in [0.717, 1.165) is 33.8 Å². The smallest absolute Gasteiger partial charge is 0.306 e. The zero-order valence-corrected chi connectivity index (χ0v) is 18.6. The second kappa shape index (κ2) is 11.0.